The number of hydrogen-bond acceptors (Lipinski definition) is 5. The van der Waals surface area contributed by atoms with E-state index in [9.17, 15) is 14.4 Å². The Kier molecular flexibility index (Phi) is 3.47. The lowest BCUT2D eigenvalue weighted by Gasteiger charge is -2.12. The first-order valence-electron chi connectivity index (χ1n) is 6.31. The first-order valence-corrected chi connectivity index (χ1v) is 6.31. The number of aromatic nitrogens is 2. The van der Waals surface area contributed by atoms with Gasteiger partial charge in [-0.2, -0.15) is 5.10 Å². The maximum atomic E-state index is 12.2. The quantitative estimate of drug-likeness (QED) is 0.709. The Bertz CT molecular complexity index is 592. The molecule has 1 aromatic rings. The number of nitrogen functional groups attached to an aromatic ring is 1. The molecule has 2 rings (SSSR count). The largest absolute Gasteiger partial charge is 0.395 e. The molecule has 108 valence electrons. The fourth-order valence-electron chi connectivity index (χ4n) is 2.16. The van der Waals surface area contributed by atoms with E-state index in [0.29, 0.717) is 12.2 Å². The van der Waals surface area contributed by atoms with E-state index in [4.69, 9.17) is 5.73 Å². The molecule has 0 spiro atoms. The Morgan fingerprint density at radius 1 is 1.50 bits per heavy atom. The van der Waals surface area contributed by atoms with E-state index in [0.717, 1.165) is 4.90 Å². The summed E-state index contributed by atoms with van der Waals surface area (Å²) in [5, 5.41) is 6.68. The van der Waals surface area contributed by atoms with Gasteiger partial charge in [0.05, 0.1) is 17.8 Å². The smallest absolute Gasteiger partial charge is 0.272 e. The predicted octanol–water partition coefficient (Wildman–Crippen LogP) is -0.719. The van der Waals surface area contributed by atoms with E-state index in [2.05, 4.69) is 10.4 Å². The highest BCUT2D eigenvalue weighted by Gasteiger charge is 2.37. The van der Waals surface area contributed by atoms with Crippen molar-refractivity contribution in [3.8, 4) is 0 Å². The molecule has 1 atom stereocenters. The van der Waals surface area contributed by atoms with Gasteiger partial charge in [-0.05, 0) is 13.8 Å². The number of imide groups is 1. The molecule has 0 aliphatic carbocycles. The summed E-state index contributed by atoms with van der Waals surface area (Å²) in [5.74, 6) is -1.22. The Morgan fingerprint density at radius 3 is 2.65 bits per heavy atom. The molecule has 0 bridgehead atoms. The summed E-state index contributed by atoms with van der Waals surface area (Å²) in [6.45, 7) is 4.02. The first-order chi connectivity index (χ1) is 9.36. The Labute approximate surface area is 115 Å². The number of likely N-dealkylation sites (tertiary alicyclic amines) is 1. The van der Waals surface area contributed by atoms with Gasteiger partial charge in [0.2, 0.25) is 5.91 Å². The highest BCUT2D eigenvalue weighted by molar-refractivity contribution is 6.08. The normalized spacial score (nSPS) is 18.8. The van der Waals surface area contributed by atoms with Gasteiger partial charge in [-0.3, -0.25) is 24.0 Å². The number of nitrogens with zero attached hydrogens (tertiary/aromatic N) is 3. The molecule has 1 unspecified atom stereocenters. The first kappa shape index (κ1) is 14.0. The molecule has 1 saturated heterocycles. The number of aryl methyl sites for hydroxylation is 2. The molecule has 2 heterocycles. The second-order valence-corrected chi connectivity index (χ2v) is 4.68. The van der Waals surface area contributed by atoms with Crippen LogP contribution in [0, 0.1) is 6.92 Å². The van der Waals surface area contributed by atoms with Gasteiger partial charge in [-0.15, -0.1) is 0 Å². The molecule has 1 aromatic heterocycles. The maximum absolute atomic E-state index is 12.2. The number of carbonyl (C=O) groups excluding carboxylic acids is 3. The summed E-state index contributed by atoms with van der Waals surface area (Å²) in [6.07, 6.45) is -0.0276. The minimum absolute atomic E-state index is 0.0276. The predicted molar refractivity (Wildman–Crippen MR) is 70.7 cm³/mol. The van der Waals surface area contributed by atoms with Crippen molar-refractivity contribution in [2.45, 2.75) is 32.9 Å². The van der Waals surface area contributed by atoms with Crippen LogP contribution in [-0.4, -0.2) is 45.5 Å². The van der Waals surface area contributed by atoms with Gasteiger partial charge in [0.25, 0.3) is 11.8 Å². The molecular weight excluding hydrogens is 262 g/mol. The van der Waals surface area contributed by atoms with Crippen molar-refractivity contribution in [3.05, 3.63) is 11.4 Å². The molecule has 8 nitrogen and oxygen atoms in total. The van der Waals surface area contributed by atoms with Crippen LogP contribution in [0.4, 0.5) is 5.69 Å². The van der Waals surface area contributed by atoms with Crippen LogP contribution in [0.5, 0.6) is 0 Å². The second kappa shape index (κ2) is 4.95. The number of anilines is 1. The lowest BCUT2D eigenvalue weighted by molar-refractivity contribution is -0.137. The number of amides is 3. The standard InChI is InChI=1S/C12H17N5O3/c1-4-17-10(9(13)6(2)15-17)11(19)14-7-5-8(18)16(3)12(7)20/h7H,4-5,13H2,1-3H3,(H,14,19). The fourth-order valence-corrected chi connectivity index (χ4v) is 2.16. The lowest BCUT2D eigenvalue weighted by atomic mass is 10.2. The van der Waals surface area contributed by atoms with Gasteiger partial charge in [-0.25, -0.2) is 0 Å². The van der Waals surface area contributed by atoms with Crippen molar-refractivity contribution in [2.75, 3.05) is 12.8 Å². The summed E-state index contributed by atoms with van der Waals surface area (Å²) in [6, 6.07) is -0.833. The van der Waals surface area contributed by atoms with Crippen molar-refractivity contribution in [1.82, 2.24) is 20.0 Å². The third-order valence-corrected chi connectivity index (χ3v) is 3.38. The van der Waals surface area contributed by atoms with Crippen LogP contribution in [0.1, 0.15) is 29.5 Å². The Hall–Kier alpha value is -2.38. The summed E-state index contributed by atoms with van der Waals surface area (Å²) in [5.41, 5.74) is 6.90. The molecule has 1 aliphatic heterocycles. The minimum atomic E-state index is -0.833. The van der Waals surface area contributed by atoms with E-state index in [1.807, 2.05) is 6.92 Å². The number of hydrogen-bond donors (Lipinski definition) is 2. The van der Waals surface area contributed by atoms with Crippen molar-refractivity contribution < 1.29 is 14.4 Å². The van der Waals surface area contributed by atoms with E-state index in [1.54, 1.807) is 6.92 Å². The maximum Gasteiger partial charge on any atom is 0.272 e. The van der Waals surface area contributed by atoms with E-state index >= 15 is 0 Å². The van der Waals surface area contributed by atoms with Crippen LogP contribution in [0.3, 0.4) is 0 Å². The zero-order valence-corrected chi connectivity index (χ0v) is 11.6. The van der Waals surface area contributed by atoms with Crippen molar-refractivity contribution in [3.63, 3.8) is 0 Å². The van der Waals surface area contributed by atoms with Crippen LogP contribution in [0.15, 0.2) is 0 Å². The molecule has 8 heteroatoms. The third kappa shape index (κ3) is 2.13. The highest BCUT2D eigenvalue weighted by atomic mass is 16.2. The van der Waals surface area contributed by atoms with E-state index in [1.165, 1.54) is 11.7 Å². The molecule has 20 heavy (non-hydrogen) atoms. The van der Waals surface area contributed by atoms with Crippen LogP contribution in [0.25, 0.3) is 0 Å². The zero-order chi connectivity index (χ0) is 15.0. The zero-order valence-electron chi connectivity index (χ0n) is 11.6. The molecular formula is C12H17N5O3. The van der Waals surface area contributed by atoms with Gasteiger partial charge in [0, 0.05) is 13.6 Å². The Balaban J connectivity index is 2.22. The topological polar surface area (TPSA) is 110 Å². The number of nitrogens with one attached hydrogen (secondary N) is 1. The summed E-state index contributed by atoms with van der Waals surface area (Å²) >= 11 is 0. The highest BCUT2D eigenvalue weighted by Crippen LogP contribution is 2.18. The molecule has 1 fully saturated rings. The molecule has 3 amide bonds. The number of carbonyl (C=O) groups is 3. The lowest BCUT2D eigenvalue weighted by Crippen LogP contribution is -2.41. The van der Waals surface area contributed by atoms with Crippen molar-refractivity contribution in [1.29, 1.82) is 0 Å². The molecule has 0 saturated carbocycles. The van der Waals surface area contributed by atoms with E-state index in [-0.39, 0.29) is 23.7 Å². The second-order valence-electron chi connectivity index (χ2n) is 4.68. The van der Waals surface area contributed by atoms with Gasteiger partial charge < -0.3 is 11.1 Å². The average Bonchev–Trinajstić information content (AvgIpc) is 2.82. The molecule has 0 aromatic carbocycles. The van der Waals surface area contributed by atoms with Gasteiger partial charge >= 0.3 is 0 Å². The van der Waals surface area contributed by atoms with Crippen LogP contribution in [-0.2, 0) is 16.1 Å². The molecule has 3 N–H and O–H groups in total. The van der Waals surface area contributed by atoms with Gasteiger partial charge in [0.1, 0.15) is 11.7 Å². The monoisotopic (exact) mass is 279 g/mol. The summed E-state index contributed by atoms with van der Waals surface area (Å²) in [7, 11) is 1.39. The number of rotatable bonds is 3. The Morgan fingerprint density at radius 2 is 2.15 bits per heavy atom. The summed E-state index contributed by atoms with van der Waals surface area (Å²) < 4.78 is 1.48. The summed E-state index contributed by atoms with van der Waals surface area (Å²) in [4.78, 5) is 36.4. The SMILES string of the molecule is CCn1nc(C)c(N)c1C(=O)NC1CC(=O)N(C)C1=O. The van der Waals surface area contributed by atoms with Gasteiger partial charge in [0.15, 0.2) is 0 Å². The van der Waals surface area contributed by atoms with Crippen molar-refractivity contribution >= 4 is 23.4 Å². The average molecular weight is 279 g/mol. The minimum Gasteiger partial charge on any atom is -0.395 e. The number of likely N-dealkylation sites (N-methyl/N-ethyl adjacent to an activating group) is 1. The van der Waals surface area contributed by atoms with E-state index < -0.39 is 17.9 Å². The van der Waals surface area contributed by atoms with Crippen molar-refractivity contribution in [2.24, 2.45) is 0 Å². The fraction of sp³-hybridized carbons (Fsp3) is 0.500. The van der Waals surface area contributed by atoms with Gasteiger partial charge in [-0.1, -0.05) is 0 Å². The molecule has 1 aliphatic rings. The third-order valence-electron chi connectivity index (χ3n) is 3.38. The van der Waals surface area contributed by atoms with Crippen LogP contribution in [0.2, 0.25) is 0 Å². The number of nitrogens with two attached hydrogens (primary N) is 1. The van der Waals surface area contributed by atoms with Crippen LogP contribution >= 0.6 is 0 Å². The molecule has 0 radical (unpaired) electrons. The van der Waals surface area contributed by atoms with Crippen LogP contribution < -0.4 is 11.1 Å².